The molecule has 144 valence electrons. The van der Waals surface area contributed by atoms with Crippen molar-refractivity contribution in [3.63, 3.8) is 0 Å². The molecule has 0 unspecified atom stereocenters. The molecule has 0 aliphatic carbocycles. The zero-order valence-corrected chi connectivity index (χ0v) is 15.3. The second-order valence-electron chi connectivity index (χ2n) is 5.86. The van der Waals surface area contributed by atoms with Gasteiger partial charge in [-0.25, -0.2) is 9.37 Å². The maximum Gasteiger partial charge on any atom is 0.306 e. The number of fused-ring (bicyclic) bond motifs is 1. The zero-order valence-electron chi connectivity index (χ0n) is 14.5. The smallest absolute Gasteiger partial charge is 0.306 e. The van der Waals surface area contributed by atoms with Gasteiger partial charge < -0.3 is 15.0 Å². The van der Waals surface area contributed by atoms with Gasteiger partial charge in [-0.15, -0.1) is 0 Å². The molecule has 0 radical (unpaired) electrons. The number of aryl methyl sites for hydroxylation is 1. The molecule has 0 aliphatic heterocycles. The number of anilines is 1. The number of amides is 1. The van der Waals surface area contributed by atoms with Gasteiger partial charge in [-0.1, -0.05) is 23.7 Å². The summed E-state index contributed by atoms with van der Waals surface area (Å²) >= 11 is 5.63. The molecule has 0 saturated carbocycles. The molecule has 3 aromatic rings. The van der Waals surface area contributed by atoms with Crippen molar-refractivity contribution in [2.24, 2.45) is 0 Å². The molecule has 2 N–H and O–H groups in total. The molecule has 1 amide bonds. The minimum absolute atomic E-state index is 0.0663. The lowest BCUT2D eigenvalue weighted by molar-refractivity contribution is -0.147. The number of esters is 1. The number of carbonyl (C=O) groups is 2. The molecule has 7 nitrogen and oxygen atoms in total. The van der Waals surface area contributed by atoms with Gasteiger partial charge in [0.1, 0.15) is 11.6 Å². The van der Waals surface area contributed by atoms with E-state index >= 15 is 0 Å². The molecule has 1 aromatic heterocycles. The van der Waals surface area contributed by atoms with Gasteiger partial charge in [-0.3, -0.25) is 14.4 Å². The lowest BCUT2D eigenvalue weighted by atomic mass is 10.2. The molecular formula is C19H15ClFN3O4. The number of aromatic nitrogens is 2. The molecule has 0 aliphatic rings. The molecule has 0 bridgehead atoms. The van der Waals surface area contributed by atoms with E-state index in [0.717, 1.165) is 6.07 Å². The fraction of sp³-hybridized carbons (Fsp3) is 0.158. The predicted octanol–water partition coefficient (Wildman–Crippen LogP) is 2.83. The van der Waals surface area contributed by atoms with Crippen LogP contribution in [0.3, 0.4) is 0 Å². The maximum absolute atomic E-state index is 13.6. The van der Waals surface area contributed by atoms with Crippen LogP contribution in [0.15, 0.2) is 47.3 Å². The number of aromatic amines is 1. The Labute approximate surface area is 163 Å². The minimum atomic E-state index is -0.696. The highest BCUT2D eigenvalue weighted by Gasteiger charge is 2.12. The Hall–Kier alpha value is -3.26. The Morgan fingerprint density at radius 3 is 2.79 bits per heavy atom. The van der Waals surface area contributed by atoms with E-state index in [0.29, 0.717) is 16.7 Å². The summed E-state index contributed by atoms with van der Waals surface area (Å²) in [5.41, 5.74) is 0.167. The number of nitrogens with zero attached hydrogens (tertiary/aromatic N) is 1. The highest BCUT2D eigenvalue weighted by molar-refractivity contribution is 6.30. The highest BCUT2D eigenvalue weighted by atomic mass is 35.5. The van der Waals surface area contributed by atoms with Gasteiger partial charge >= 0.3 is 5.97 Å². The van der Waals surface area contributed by atoms with E-state index in [-0.39, 0.29) is 29.1 Å². The third-order valence-corrected chi connectivity index (χ3v) is 4.03. The summed E-state index contributed by atoms with van der Waals surface area (Å²) < 4.78 is 18.5. The Morgan fingerprint density at radius 2 is 2.00 bits per heavy atom. The van der Waals surface area contributed by atoms with Crippen molar-refractivity contribution in [1.82, 2.24) is 9.97 Å². The van der Waals surface area contributed by atoms with Crippen molar-refractivity contribution in [3.8, 4) is 0 Å². The highest BCUT2D eigenvalue weighted by Crippen LogP contribution is 2.18. The Bertz CT molecular complexity index is 1100. The molecule has 2 aromatic carbocycles. The van der Waals surface area contributed by atoms with E-state index in [2.05, 4.69) is 15.3 Å². The van der Waals surface area contributed by atoms with Gasteiger partial charge in [0.15, 0.2) is 6.61 Å². The van der Waals surface area contributed by atoms with Gasteiger partial charge in [0, 0.05) is 11.4 Å². The number of H-pyrrole nitrogens is 1. The molecule has 0 saturated heterocycles. The van der Waals surface area contributed by atoms with Crippen LogP contribution in [0, 0.1) is 5.82 Å². The number of hydrogen-bond donors (Lipinski definition) is 2. The number of carbonyl (C=O) groups excluding carboxylic acids is 2. The first kappa shape index (κ1) is 19.5. The maximum atomic E-state index is 13.6. The van der Waals surface area contributed by atoms with Crippen molar-refractivity contribution in [2.75, 3.05) is 11.9 Å². The summed E-state index contributed by atoms with van der Waals surface area (Å²) in [5.74, 6) is -1.69. The monoisotopic (exact) mass is 403 g/mol. The molecule has 1 heterocycles. The third kappa shape index (κ3) is 4.92. The quantitative estimate of drug-likeness (QED) is 0.616. The summed E-state index contributed by atoms with van der Waals surface area (Å²) in [5, 5.41) is 2.94. The summed E-state index contributed by atoms with van der Waals surface area (Å²) in [7, 11) is 0. The molecule has 9 heteroatoms. The van der Waals surface area contributed by atoms with E-state index in [4.69, 9.17) is 16.3 Å². The number of hydrogen-bond acceptors (Lipinski definition) is 5. The van der Waals surface area contributed by atoms with Crippen LogP contribution in [-0.4, -0.2) is 28.5 Å². The number of ether oxygens (including phenoxy) is 1. The van der Waals surface area contributed by atoms with Crippen LogP contribution in [-0.2, 0) is 20.7 Å². The van der Waals surface area contributed by atoms with Crippen LogP contribution in [0.1, 0.15) is 12.2 Å². The van der Waals surface area contributed by atoms with Gasteiger partial charge in [0.25, 0.3) is 11.5 Å². The van der Waals surface area contributed by atoms with Crippen molar-refractivity contribution in [2.45, 2.75) is 12.8 Å². The van der Waals surface area contributed by atoms with Gasteiger partial charge in [0.05, 0.1) is 23.0 Å². The van der Waals surface area contributed by atoms with Gasteiger partial charge in [-0.05, 0) is 30.3 Å². The first-order chi connectivity index (χ1) is 13.4. The molecular weight excluding hydrogens is 389 g/mol. The van der Waals surface area contributed by atoms with E-state index in [1.807, 2.05) is 0 Å². The molecule has 0 spiro atoms. The number of halogens is 2. The summed E-state index contributed by atoms with van der Waals surface area (Å²) in [6.45, 7) is -0.567. The lowest BCUT2D eigenvalue weighted by Crippen LogP contribution is -2.22. The normalized spacial score (nSPS) is 10.6. The standard InChI is InChI=1S/C19H15ClFN3O4/c20-11-5-6-15(13(21)9-11)23-17(25)10-28-18(26)8-7-16-22-14-4-2-1-3-12(14)19(27)24-16/h1-6,9H,7-8,10H2,(H,23,25)(H,22,24,27). The lowest BCUT2D eigenvalue weighted by Gasteiger charge is -2.08. The second kappa shape index (κ2) is 8.62. The van der Waals surface area contributed by atoms with Crippen molar-refractivity contribution in [3.05, 3.63) is 69.5 Å². The Balaban J connectivity index is 1.50. The van der Waals surface area contributed by atoms with E-state index in [1.165, 1.54) is 12.1 Å². The fourth-order valence-corrected chi connectivity index (χ4v) is 2.63. The summed E-state index contributed by atoms with van der Waals surface area (Å²) in [6, 6.07) is 10.6. The predicted molar refractivity (Wildman–Crippen MR) is 102 cm³/mol. The average Bonchev–Trinajstić information content (AvgIpc) is 2.67. The third-order valence-electron chi connectivity index (χ3n) is 3.80. The van der Waals surface area contributed by atoms with Crippen molar-refractivity contribution >= 4 is 40.1 Å². The van der Waals surface area contributed by atoms with Crippen molar-refractivity contribution in [1.29, 1.82) is 0 Å². The fourth-order valence-electron chi connectivity index (χ4n) is 2.47. The number of para-hydroxylation sites is 1. The van der Waals surface area contributed by atoms with Crippen LogP contribution in [0.25, 0.3) is 10.9 Å². The van der Waals surface area contributed by atoms with Crippen LogP contribution in [0.4, 0.5) is 10.1 Å². The first-order valence-corrected chi connectivity index (χ1v) is 8.68. The molecule has 0 atom stereocenters. The topological polar surface area (TPSA) is 101 Å². The van der Waals surface area contributed by atoms with Crippen LogP contribution in [0.5, 0.6) is 0 Å². The van der Waals surface area contributed by atoms with Crippen LogP contribution in [0.2, 0.25) is 5.02 Å². The number of nitrogens with one attached hydrogen (secondary N) is 2. The Morgan fingerprint density at radius 1 is 1.21 bits per heavy atom. The van der Waals surface area contributed by atoms with E-state index < -0.39 is 24.3 Å². The largest absolute Gasteiger partial charge is 0.456 e. The van der Waals surface area contributed by atoms with E-state index in [1.54, 1.807) is 24.3 Å². The SMILES string of the molecule is O=C(COC(=O)CCc1nc2ccccc2c(=O)[nH]1)Nc1ccc(Cl)cc1F. The number of benzene rings is 2. The first-order valence-electron chi connectivity index (χ1n) is 8.31. The van der Waals surface area contributed by atoms with Crippen LogP contribution >= 0.6 is 11.6 Å². The molecule has 0 fully saturated rings. The van der Waals surface area contributed by atoms with Crippen LogP contribution < -0.4 is 10.9 Å². The molecule has 3 rings (SSSR count). The second-order valence-corrected chi connectivity index (χ2v) is 6.30. The van der Waals surface area contributed by atoms with Gasteiger partial charge in [0.2, 0.25) is 0 Å². The van der Waals surface area contributed by atoms with Crippen molar-refractivity contribution < 1.29 is 18.7 Å². The minimum Gasteiger partial charge on any atom is -0.456 e. The molecule has 28 heavy (non-hydrogen) atoms. The van der Waals surface area contributed by atoms with E-state index in [9.17, 15) is 18.8 Å². The Kier molecular flexibility index (Phi) is 6.00. The summed E-state index contributed by atoms with van der Waals surface area (Å²) in [4.78, 5) is 42.5. The average molecular weight is 404 g/mol. The summed E-state index contributed by atoms with van der Waals surface area (Å²) in [6.07, 6.45) is 0.0657. The number of rotatable bonds is 6. The van der Waals surface area contributed by atoms with Gasteiger partial charge in [-0.2, -0.15) is 0 Å². The zero-order chi connectivity index (χ0) is 20.1.